The van der Waals surface area contributed by atoms with Crippen molar-refractivity contribution >= 4 is 6.41 Å². The molecule has 0 unspecified atom stereocenters. The topological polar surface area (TPSA) is 23.6 Å². The summed E-state index contributed by atoms with van der Waals surface area (Å²) in [5.74, 6) is 0. The first kappa shape index (κ1) is 21.5. The minimum absolute atomic E-state index is 0.919. The van der Waals surface area contributed by atoms with Gasteiger partial charge >= 0.3 is 0 Å². The summed E-state index contributed by atoms with van der Waals surface area (Å²) in [5.41, 5.74) is 0. The maximum atomic E-state index is 10.7. The molecule has 0 atom stereocenters. The van der Waals surface area contributed by atoms with Crippen LogP contribution in [0.3, 0.4) is 0 Å². The Balaban J connectivity index is 1.73. The van der Waals surface area contributed by atoms with Gasteiger partial charge in [-0.15, -0.1) is 0 Å². The zero-order valence-electron chi connectivity index (χ0n) is 16.3. The van der Waals surface area contributed by atoms with Gasteiger partial charge in [0.05, 0.1) is 0 Å². The summed E-state index contributed by atoms with van der Waals surface area (Å²) in [6, 6.07) is 0. The van der Waals surface area contributed by atoms with Gasteiger partial charge in [0, 0.05) is 26.2 Å². The number of amides is 1. The maximum absolute atomic E-state index is 10.7. The molecule has 142 valence electrons. The van der Waals surface area contributed by atoms with Gasteiger partial charge in [-0.05, 0) is 13.0 Å². The van der Waals surface area contributed by atoms with Crippen LogP contribution in [0.5, 0.6) is 0 Å². The molecule has 0 radical (unpaired) electrons. The van der Waals surface area contributed by atoms with Gasteiger partial charge in [0.25, 0.3) is 0 Å². The Bertz CT molecular complexity index is 275. The third-order valence-electron chi connectivity index (χ3n) is 5.38. The molecule has 0 aromatic heterocycles. The number of piperazine rings is 1. The highest BCUT2D eigenvalue weighted by Gasteiger charge is 2.14. The van der Waals surface area contributed by atoms with E-state index in [1.807, 2.05) is 4.90 Å². The van der Waals surface area contributed by atoms with Gasteiger partial charge < -0.3 is 4.90 Å². The van der Waals surface area contributed by atoms with Gasteiger partial charge in [-0.3, -0.25) is 9.69 Å². The van der Waals surface area contributed by atoms with Gasteiger partial charge in [-0.1, -0.05) is 90.4 Å². The summed E-state index contributed by atoms with van der Waals surface area (Å²) < 4.78 is 0. The molecule has 1 amide bonds. The van der Waals surface area contributed by atoms with Crippen LogP contribution in [0, 0.1) is 0 Å². The zero-order chi connectivity index (χ0) is 17.3. The van der Waals surface area contributed by atoms with Crippen LogP contribution < -0.4 is 0 Å². The molecule has 1 heterocycles. The lowest BCUT2D eigenvalue weighted by Crippen LogP contribution is -2.45. The van der Waals surface area contributed by atoms with Crippen LogP contribution in [-0.4, -0.2) is 48.9 Å². The molecule has 1 rings (SSSR count). The normalized spacial score (nSPS) is 15.8. The van der Waals surface area contributed by atoms with Crippen molar-refractivity contribution in [2.45, 2.75) is 96.8 Å². The van der Waals surface area contributed by atoms with Crippen LogP contribution in [0.1, 0.15) is 96.8 Å². The average Bonchev–Trinajstić information content (AvgIpc) is 2.62. The first-order valence-corrected chi connectivity index (χ1v) is 10.8. The molecule has 1 fully saturated rings. The summed E-state index contributed by atoms with van der Waals surface area (Å²) >= 11 is 0. The molecule has 1 aliphatic rings. The van der Waals surface area contributed by atoms with E-state index in [1.165, 1.54) is 96.4 Å². The highest BCUT2D eigenvalue weighted by Crippen LogP contribution is 2.13. The van der Waals surface area contributed by atoms with E-state index in [-0.39, 0.29) is 0 Å². The molecule has 0 spiro atoms. The van der Waals surface area contributed by atoms with E-state index >= 15 is 0 Å². The van der Waals surface area contributed by atoms with Crippen molar-refractivity contribution < 1.29 is 4.79 Å². The second-order valence-corrected chi connectivity index (χ2v) is 7.58. The van der Waals surface area contributed by atoms with Crippen LogP contribution in [0.15, 0.2) is 0 Å². The SMILES string of the molecule is CCCCCCCCCCCCCCCCN1CCN(C=O)CC1. The van der Waals surface area contributed by atoms with Crippen molar-refractivity contribution in [2.24, 2.45) is 0 Å². The standard InChI is InChI=1S/C21H42N2O/c1-2-3-4-5-6-7-8-9-10-11-12-13-14-15-16-22-17-19-23(21-24)20-18-22/h21H,2-20H2,1H3. The van der Waals surface area contributed by atoms with Crippen LogP contribution in [0.25, 0.3) is 0 Å². The summed E-state index contributed by atoms with van der Waals surface area (Å²) in [6.45, 7) is 7.49. The Morgan fingerprint density at radius 1 is 0.625 bits per heavy atom. The molecule has 3 nitrogen and oxygen atoms in total. The van der Waals surface area contributed by atoms with Crippen LogP contribution in [-0.2, 0) is 4.79 Å². The Morgan fingerprint density at radius 3 is 1.46 bits per heavy atom. The summed E-state index contributed by atoms with van der Waals surface area (Å²) in [4.78, 5) is 15.1. The van der Waals surface area contributed by atoms with Crippen molar-refractivity contribution in [1.29, 1.82) is 0 Å². The Kier molecular flexibility index (Phi) is 14.3. The molecule has 0 saturated carbocycles. The van der Waals surface area contributed by atoms with Crippen molar-refractivity contribution in [3.8, 4) is 0 Å². The second kappa shape index (κ2) is 15.9. The van der Waals surface area contributed by atoms with Crippen molar-refractivity contribution in [1.82, 2.24) is 9.80 Å². The second-order valence-electron chi connectivity index (χ2n) is 7.58. The monoisotopic (exact) mass is 338 g/mol. The average molecular weight is 339 g/mol. The third-order valence-corrected chi connectivity index (χ3v) is 5.38. The highest BCUT2D eigenvalue weighted by molar-refractivity contribution is 5.47. The largest absolute Gasteiger partial charge is 0.343 e. The van der Waals surface area contributed by atoms with Crippen LogP contribution in [0.2, 0.25) is 0 Å². The van der Waals surface area contributed by atoms with Gasteiger partial charge in [0.1, 0.15) is 0 Å². The van der Waals surface area contributed by atoms with E-state index in [4.69, 9.17) is 0 Å². The fourth-order valence-electron chi connectivity index (χ4n) is 3.62. The molecule has 0 bridgehead atoms. The fourth-order valence-corrected chi connectivity index (χ4v) is 3.62. The van der Waals surface area contributed by atoms with Gasteiger partial charge in [-0.2, -0.15) is 0 Å². The van der Waals surface area contributed by atoms with Crippen molar-refractivity contribution in [3.63, 3.8) is 0 Å². The maximum Gasteiger partial charge on any atom is 0.209 e. The molecule has 0 aromatic carbocycles. The quantitative estimate of drug-likeness (QED) is 0.284. The predicted octanol–water partition coefficient (Wildman–Crippen LogP) is 5.24. The smallest absolute Gasteiger partial charge is 0.209 e. The van der Waals surface area contributed by atoms with E-state index in [0.717, 1.165) is 32.6 Å². The van der Waals surface area contributed by atoms with E-state index in [2.05, 4.69) is 11.8 Å². The molecule has 3 heteroatoms. The summed E-state index contributed by atoms with van der Waals surface area (Å²) in [7, 11) is 0. The minimum atomic E-state index is 0.919. The predicted molar refractivity (Wildman–Crippen MR) is 104 cm³/mol. The Morgan fingerprint density at radius 2 is 1.04 bits per heavy atom. The Hall–Kier alpha value is -0.570. The van der Waals surface area contributed by atoms with Crippen molar-refractivity contribution in [3.05, 3.63) is 0 Å². The van der Waals surface area contributed by atoms with E-state index in [1.54, 1.807) is 0 Å². The molecular formula is C21H42N2O. The van der Waals surface area contributed by atoms with Crippen molar-refractivity contribution in [2.75, 3.05) is 32.7 Å². The zero-order valence-corrected chi connectivity index (χ0v) is 16.3. The molecule has 24 heavy (non-hydrogen) atoms. The van der Waals surface area contributed by atoms with Crippen LogP contribution >= 0.6 is 0 Å². The lowest BCUT2D eigenvalue weighted by atomic mass is 10.0. The highest BCUT2D eigenvalue weighted by atomic mass is 16.1. The number of hydrogen-bond acceptors (Lipinski definition) is 2. The fraction of sp³-hybridized carbons (Fsp3) is 0.952. The molecule has 0 N–H and O–H groups in total. The van der Waals surface area contributed by atoms with E-state index < -0.39 is 0 Å². The lowest BCUT2D eigenvalue weighted by molar-refractivity contribution is -0.119. The number of carbonyl (C=O) groups excluding carboxylic acids is 1. The minimum Gasteiger partial charge on any atom is -0.343 e. The number of nitrogens with zero attached hydrogens (tertiary/aromatic N) is 2. The van der Waals surface area contributed by atoms with Crippen LogP contribution in [0.4, 0.5) is 0 Å². The van der Waals surface area contributed by atoms with Gasteiger partial charge in [0.2, 0.25) is 6.41 Å². The van der Waals surface area contributed by atoms with E-state index in [9.17, 15) is 4.79 Å². The number of hydrogen-bond donors (Lipinski definition) is 0. The molecular weight excluding hydrogens is 296 g/mol. The van der Waals surface area contributed by atoms with E-state index in [0.29, 0.717) is 0 Å². The first-order chi connectivity index (χ1) is 11.9. The molecule has 1 aliphatic heterocycles. The number of carbonyl (C=O) groups is 1. The first-order valence-electron chi connectivity index (χ1n) is 10.8. The molecule has 0 aliphatic carbocycles. The molecule has 0 aromatic rings. The summed E-state index contributed by atoms with van der Waals surface area (Å²) in [5, 5.41) is 0. The van der Waals surface area contributed by atoms with Gasteiger partial charge in [0.15, 0.2) is 0 Å². The lowest BCUT2D eigenvalue weighted by Gasteiger charge is -2.32. The third kappa shape index (κ3) is 11.9. The van der Waals surface area contributed by atoms with Gasteiger partial charge in [-0.25, -0.2) is 0 Å². The molecule has 1 saturated heterocycles. The number of unbranched alkanes of at least 4 members (excludes halogenated alkanes) is 13. The Labute approximate surface area is 151 Å². The summed E-state index contributed by atoms with van der Waals surface area (Å²) in [6.07, 6.45) is 20.9. The number of rotatable bonds is 16.